The molecule has 0 aliphatic carbocycles. The van der Waals surface area contributed by atoms with Crippen LogP contribution >= 0.6 is 0 Å². The van der Waals surface area contributed by atoms with Crippen molar-refractivity contribution in [2.75, 3.05) is 0 Å². The van der Waals surface area contributed by atoms with E-state index in [0.717, 1.165) is 82.8 Å². The number of fused-ring (bicyclic) bond motifs is 7. The Morgan fingerprint density at radius 3 is 1.64 bits per heavy atom. The van der Waals surface area contributed by atoms with Gasteiger partial charge in [-0.05, 0) is 65.7 Å². The maximum absolute atomic E-state index is 11.0. The lowest BCUT2D eigenvalue weighted by Crippen LogP contribution is -2.02. The fraction of sp³-hybridized carbons (Fsp3) is 0. The molecule has 270 valence electrons. The molecular weight excluding hydrogens is 709 g/mol. The zero-order valence-corrected chi connectivity index (χ0v) is 31.2. The van der Waals surface area contributed by atoms with Gasteiger partial charge in [0.2, 0.25) is 0 Å². The monoisotopic (exact) mass is 740 g/mol. The largest absolute Gasteiger partial charge is 0.309 e. The quantitative estimate of drug-likeness (QED) is 0.170. The molecule has 0 bridgehead atoms. The molecule has 0 amide bonds. The Balaban J connectivity index is 1.13. The summed E-state index contributed by atoms with van der Waals surface area (Å²) in [4.78, 5) is 15.1. The van der Waals surface area contributed by atoms with Crippen LogP contribution in [0.4, 0.5) is 0 Å². The van der Waals surface area contributed by atoms with Crippen molar-refractivity contribution in [3.63, 3.8) is 0 Å². The smallest absolute Gasteiger partial charge is 0.164 e. The number of nitrogens with zero attached hydrogens (tertiary/aromatic N) is 6. The summed E-state index contributed by atoms with van der Waals surface area (Å²) in [6.07, 6.45) is 0. The highest BCUT2D eigenvalue weighted by atomic mass is 15.0. The number of rotatable bonds is 6. The van der Waals surface area contributed by atoms with Crippen LogP contribution in [-0.4, -0.2) is 24.1 Å². The molecular formula is C52H32N6. The standard InChI is InChI=1S/C52H32N6/c53-33-39-32-38(52-55-50(35-17-6-2-7-18-35)54-51(56-52)37-20-14-19-36(31-37)34-15-4-1-5-16-34)27-29-44(39)58-45-25-12-10-23-41(45)42-28-30-47-48(49(42)58)43-24-11-13-26-46(43)57(47)40-21-8-3-9-22-40/h1-32H. The second kappa shape index (κ2) is 13.6. The van der Waals surface area contributed by atoms with Crippen LogP contribution in [0.5, 0.6) is 0 Å². The minimum Gasteiger partial charge on any atom is -0.309 e. The van der Waals surface area contributed by atoms with Gasteiger partial charge in [-0.25, -0.2) is 15.0 Å². The summed E-state index contributed by atoms with van der Waals surface area (Å²) in [5.74, 6) is 1.62. The number of para-hydroxylation sites is 3. The van der Waals surface area contributed by atoms with E-state index >= 15 is 0 Å². The molecule has 0 saturated heterocycles. The highest BCUT2D eigenvalue weighted by Gasteiger charge is 2.22. The van der Waals surface area contributed by atoms with Crippen molar-refractivity contribution in [1.29, 1.82) is 5.26 Å². The average Bonchev–Trinajstić information content (AvgIpc) is 3.82. The maximum atomic E-state index is 11.0. The summed E-state index contributed by atoms with van der Waals surface area (Å²) in [5.41, 5.74) is 11.4. The molecule has 8 aromatic carbocycles. The molecule has 6 heteroatoms. The van der Waals surface area contributed by atoms with Crippen molar-refractivity contribution in [2.45, 2.75) is 0 Å². The average molecular weight is 741 g/mol. The maximum Gasteiger partial charge on any atom is 0.164 e. The first kappa shape index (κ1) is 33.2. The van der Waals surface area contributed by atoms with Crippen LogP contribution in [0, 0.1) is 11.3 Å². The first-order valence-electron chi connectivity index (χ1n) is 19.3. The van der Waals surface area contributed by atoms with E-state index in [1.165, 1.54) is 0 Å². The van der Waals surface area contributed by atoms with E-state index in [1.807, 2.05) is 84.9 Å². The van der Waals surface area contributed by atoms with Crippen LogP contribution < -0.4 is 0 Å². The Kier molecular flexibility index (Phi) is 7.76. The molecule has 0 aliphatic heterocycles. The lowest BCUT2D eigenvalue weighted by molar-refractivity contribution is 1.07. The lowest BCUT2D eigenvalue weighted by atomic mass is 10.0. The molecule has 0 unspecified atom stereocenters. The topological polar surface area (TPSA) is 72.3 Å². The van der Waals surface area contributed by atoms with E-state index < -0.39 is 0 Å². The number of benzene rings is 8. The fourth-order valence-corrected chi connectivity index (χ4v) is 8.39. The predicted octanol–water partition coefficient (Wildman–Crippen LogP) is 12.6. The molecule has 6 nitrogen and oxygen atoms in total. The van der Waals surface area contributed by atoms with Gasteiger partial charge in [-0.15, -0.1) is 0 Å². The third-order valence-corrected chi connectivity index (χ3v) is 11.0. The van der Waals surface area contributed by atoms with Crippen LogP contribution in [0.25, 0.3) is 100 Å². The Morgan fingerprint density at radius 1 is 0.379 bits per heavy atom. The molecule has 3 heterocycles. The number of hydrogen-bond donors (Lipinski definition) is 0. The second-order valence-corrected chi connectivity index (χ2v) is 14.4. The molecule has 0 spiro atoms. The van der Waals surface area contributed by atoms with Crippen LogP contribution in [-0.2, 0) is 0 Å². The minimum absolute atomic E-state index is 0.493. The van der Waals surface area contributed by atoms with Gasteiger partial charge in [-0.3, -0.25) is 0 Å². The van der Waals surface area contributed by atoms with E-state index in [4.69, 9.17) is 15.0 Å². The Labute approximate surface area is 334 Å². The molecule has 0 fully saturated rings. The van der Waals surface area contributed by atoms with Gasteiger partial charge in [0.05, 0.1) is 33.3 Å². The second-order valence-electron chi connectivity index (χ2n) is 14.4. The lowest BCUT2D eigenvalue weighted by Gasteiger charge is -2.13. The van der Waals surface area contributed by atoms with E-state index in [0.29, 0.717) is 23.0 Å². The normalized spacial score (nSPS) is 11.4. The summed E-state index contributed by atoms with van der Waals surface area (Å²) in [7, 11) is 0. The van der Waals surface area contributed by atoms with Crippen molar-refractivity contribution >= 4 is 43.6 Å². The van der Waals surface area contributed by atoms with Gasteiger partial charge in [0.1, 0.15) is 6.07 Å². The summed E-state index contributed by atoms with van der Waals surface area (Å²) in [5, 5.41) is 15.5. The van der Waals surface area contributed by atoms with Crippen molar-refractivity contribution in [1.82, 2.24) is 24.1 Å². The van der Waals surface area contributed by atoms with Gasteiger partial charge >= 0.3 is 0 Å². The highest BCUT2D eigenvalue weighted by molar-refractivity contribution is 6.26. The zero-order chi connectivity index (χ0) is 38.6. The Hall–Kier alpha value is -8.14. The molecule has 0 N–H and O–H groups in total. The van der Waals surface area contributed by atoms with Crippen molar-refractivity contribution in [3.05, 3.63) is 200 Å². The third-order valence-electron chi connectivity index (χ3n) is 11.0. The summed E-state index contributed by atoms with van der Waals surface area (Å²) in [6.45, 7) is 0. The minimum atomic E-state index is 0.493. The van der Waals surface area contributed by atoms with Crippen molar-refractivity contribution in [3.8, 4) is 62.7 Å². The highest BCUT2D eigenvalue weighted by Crippen LogP contribution is 2.42. The van der Waals surface area contributed by atoms with Gasteiger partial charge in [-0.2, -0.15) is 5.26 Å². The number of hydrogen-bond acceptors (Lipinski definition) is 4. The molecule has 0 atom stereocenters. The van der Waals surface area contributed by atoms with E-state index in [9.17, 15) is 5.26 Å². The van der Waals surface area contributed by atoms with Crippen LogP contribution in [0.3, 0.4) is 0 Å². The molecule has 0 aliphatic rings. The van der Waals surface area contributed by atoms with Crippen LogP contribution in [0.1, 0.15) is 5.56 Å². The van der Waals surface area contributed by atoms with Crippen LogP contribution in [0.2, 0.25) is 0 Å². The van der Waals surface area contributed by atoms with Crippen molar-refractivity contribution < 1.29 is 0 Å². The summed E-state index contributed by atoms with van der Waals surface area (Å²) >= 11 is 0. The molecule has 11 rings (SSSR count). The molecule has 0 radical (unpaired) electrons. The summed E-state index contributed by atoms with van der Waals surface area (Å²) in [6, 6.07) is 69.0. The number of nitriles is 1. The van der Waals surface area contributed by atoms with Gasteiger partial charge in [0.15, 0.2) is 17.5 Å². The van der Waals surface area contributed by atoms with E-state index in [2.05, 4.69) is 124 Å². The van der Waals surface area contributed by atoms with Gasteiger partial charge < -0.3 is 9.13 Å². The SMILES string of the molecule is N#Cc1cc(-c2nc(-c3ccccc3)nc(-c3cccc(-c4ccccc4)c3)n2)ccc1-n1c2ccccc2c2ccc3c(c4ccccc4n3-c3ccccc3)c21. The molecule has 58 heavy (non-hydrogen) atoms. The van der Waals surface area contributed by atoms with E-state index in [1.54, 1.807) is 0 Å². The Bertz CT molecular complexity index is 3390. The summed E-state index contributed by atoms with van der Waals surface area (Å²) < 4.78 is 4.60. The first-order chi connectivity index (χ1) is 28.7. The fourth-order valence-electron chi connectivity index (χ4n) is 8.39. The molecule has 11 aromatic rings. The third kappa shape index (κ3) is 5.37. The van der Waals surface area contributed by atoms with E-state index in [-0.39, 0.29) is 0 Å². The molecule has 3 aromatic heterocycles. The van der Waals surface area contributed by atoms with Gasteiger partial charge in [0, 0.05) is 43.9 Å². The van der Waals surface area contributed by atoms with Gasteiger partial charge in [0.25, 0.3) is 0 Å². The van der Waals surface area contributed by atoms with Gasteiger partial charge in [-0.1, -0.05) is 140 Å². The first-order valence-corrected chi connectivity index (χ1v) is 19.3. The van der Waals surface area contributed by atoms with Crippen molar-refractivity contribution in [2.24, 2.45) is 0 Å². The molecule has 0 saturated carbocycles. The van der Waals surface area contributed by atoms with Crippen LogP contribution in [0.15, 0.2) is 194 Å². The number of aromatic nitrogens is 5. The Morgan fingerprint density at radius 2 is 0.931 bits per heavy atom. The zero-order valence-electron chi connectivity index (χ0n) is 31.2. The predicted molar refractivity (Wildman–Crippen MR) is 235 cm³/mol.